The molecule has 1 aliphatic rings. The number of benzene rings is 2. The Morgan fingerprint density at radius 2 is 1.81 bits per heavy atom. The minimum atomic E-state index is 0.519. The molecule has 0 aliphatic heterocycles. The molecule has 26 heavy (non-hydrogen) atoms. The summed E-state index contributed by atoms with van der Waals surface area (Å²) in [6.45, 7) is 2.25. The molecule has 3 nitrogen and oxygen atoms in total. The van der Waals surface area contributed by atoms with Gasteiger partial charge in [-0.2, -0.15) is 0 Å². The number of anilines is 1. The Hall–Kier alpha value is -2.26. The highest BCUT2D eigenvalue weighted by molar-refractivity contribution is 5.86. The number of nitrogens with one attached hydrogen (secondary N) is 1. The van der Waals surface area contributed by atoms with Gasteiger partial charge in [0.2, 0.25) is 0 Å². The normalized spacial score (nSPS) is 16.8. The first-order valence-corrected chi connectivity index (χ1v) is 9.77. The molecule has 136 valence electrons. The molecule has 0 bridgehead atoms. The molecule has 2 aromatic carbocycles. The highest BCUT2D eigenvalue weighted by atomic mass is 15.1. The van der Waals surface area contributed by atoms with Crippen LogP contribution >= 0.6 is 0 Å². The van der Waals surface area contributed by atoms with Crippen LogP contribution in [-0.2, 0) is 19.4 Å². The van der Waals surface area contributed by atoms with Crippen LogP contribution in [0.2, 0.25) is 0 Å². The first-order chi connectivity index (χ1) is 12.7. The zero-order chi connectivity index (χ0) is 17.9. The Kier molecular flexibility index (Phi) is 4.98. The molecular weight excluding hydrogens is 318 g/mol. The number of para-hydroxylation sites is 2. The summed E-state index contributed by atoms with van der Waals surface area (Å²) < 4.78 is 2.59. The van der Waals surface area contributed by atoms with E-state index in [-0.39, 0.29) is 0 Å². The molecule has 1 unspecified atom stereocenters. The smallest absolute Gasteiger partial charge is 0.0485 e. The van der Waals surface area contributed by atoms with E-state index in [2.05, 4.69) is 83.5 Å². The van der Waals surface area contributed by atoms with Crippen LogP contribution in [0.1, 0.15) is 24.1 Å². The lowest BCUT2D eigenvalue weighted by Gasteiger charge is -2.26. The van der Waals surface area contributed by atoms with Crippen LogP contribution in [0, 0.1) is 0 Å². The fraction of sp³-hybridized carbons (Fsp3) is 0.391. The number of hydrogen-bond acceptors (Lipinski definition) is 2. The van der Waals surface area contributed by atoms with E-state index in [9.17, 15) is 0 Å². The van der Waals surface area contributed by atoms with Gasteiger partial charge in [0.05, 0.1) is 0 Å². The summed E-state index contributed by atoms with van der Waals surface area (Å²) in [5, 5.41) is 5.19. The van der Waals surface area contributed by atoms with Crippen molar-refractivity contribution in [2.75, 3.05) is 26.0 Å². The second kappa shape index (κ2) is 7.55. The van der Waals surface area contributed by atoms with Gasteiger partial charge < -0.3 is 14.8 Å². The van der Waals surface area contributed by atoms with Crippen molar-refractivity contribution >= 4 is 16.6 Å². The quantitative estimate of drug-likeness (QED) is 0.705. The standard InChI is InChI=1S/C23H29N3/c1-25(2)15-8-16-26-22-12-7-6-11-20(22)21-17-19(13-14-23(21)26)24-18-9-4-3-5-10-18/h3-7,9-12,19,24H,8,13-17H2,1-2H3. The van der Waals surface area contributed by atoms with Crippen molar-refractivity contribution in [1.82, 2.24) is 9.47 Å². The number of aromatic nitrogens is 1. The van der Waals surface area contributed by atoms with Gasteiger partial charge in [-0.3, -0.25) is 0 Å². The maximum absolute atomic E-state index is 3.74. The molecule has 1 heterocycles. The summed E-state index contributed by atoms with van der Waals surface area (Å²) in [5.41, 5.74) is 5.77. The van der Waals surface area contributed by atoms with Crippen LogP contribution < -0.4 is 5.32 Å². The first kappa shape index (κ1) is 17.2. The molecule has 0 spiro atoms. The molecule has 3 heteroatoms. The molecule has 0 saturated heterocycles. The van der Waals surface area contributed by atoms with Gasteiger partial charge >= 0.3 is 0 Å². The largest absolute Gasteiger partial charge is 0.382 e. The predicted octanol–water partition coefficient (Wildman–Crippen LogP) is 4.56. The van der Waals surface area contributed by atoms with E-state index in [1.54, 1.807) is 11.3 Å². The fourth-order valence-electron chi connectivity index (χ4n) is 4.29. The molecule has 1 atom stereocenters. The van der Waals surface area contributed by atoms with Crippen LogP contribution in [0.25, 0.3) is 10.9 Å². The minimum Gasteiger partial charge on any atom is -0.382 e. The molecule has 0 fully saturated rings. The van der Waals surface area contributed by atoms with Gasteiger partial charge in [0.25, 0.3) is 0 Å². The third kappa shape index (κ3) is 3.49. The molecular formula is C23H29N3. The Labute approximate surface area is 156 Å². The van der Waals surface area contributed by atoms with Crippen molar-refractivity contribution in [1.29, 1.82) is 0 Å². The third-order valence-electron chi connectivity index (χ3n) is 5.51. The maximum atomic E-state index is 3.74. The lowest BCUT2D eigenvalue weighted by Crippen LogP contribution is -2.28. The average Bonchev–Trinajstić information content (AvgIpc) is 2.96. The monoisotopic (exact) mass is 347 g/mol. The van der Waals surface area contributed by atoms with E-state index in [1.807, 2.05) is 0 Å². The Morgan fingerprint density at radius 3 is 2.62 bits per heavy atom. The summed E-state index contributed by atoms with van der Waals surface area (Å²) >= 11 is 0. The Morgan fingerprint density at radius 1 is 1.04 bits per heavy atom. The number of hydrogen-bond donors (Lipinski definition) is 1. The number of fused-ring (bicyclic) bond motifs is 3. The SMILES string of the molecule is CN(C)CCCn1c2c(c3ccccc31)CC(Nc1ccccc1)CC2. The second-order valence-corrected chi connectivity index (χ2v) is 7.70. The van der Waals surface area contributed by atoms with E-state index < -0.39 is 0 Å². The second-order valence-electron chi connectivity index (χ2n) is 7.70. The molecule has 1 aromatic heterocycles. The highest BCUT2D eigenvalue weighted by Gasteiger charge is 2.25. The van der Waals surface area contributed by atoms with Crippen molar-refractivity contribution in [3.05, 3.63) is 65.9 Å². The van der Waals surface area contributed by atoms with Crippen LogP contribution in [0.15, 0.2) is 54.6 Å². The van der Waals surface area contributed by atoms with Gasteiger partial charge in [0.15, 0.2) is 0 Å². The third-order valence-corrected chi connectivity index (χ3v) is 5.51. The average molecular weight is 348 g/mol. The van der Waals surface area contributed by atoms with E-state index >= 15 is 0 Å². The Bertz CT molecular complexity index is 864. The maximum Gasteiger partial charge on any atom is 0.0485 e. The van der Waals surface area contributed by atoms with Crippen LogP contribution in [0.5, 0.6) is 0 Å². The van der Waals surface area contributed by atoms with Crippen molar-refractivity contribution in [2.45, 2.75) is 38.3 Å². The number of nitrogens with zero attached hydrogens (tertiary/aromatic N) is 2. The minimum absolute atomic E-state index is 0.519. The van der Waals surface area contributed by atoms with Gasteiger partial charge in [-0.25, -0.2) is 0 Å². The summed E-state index contributed by atoms with van der Waals surface area (Å²) in [7, 11) is 4.31. The lowest BCUT2D eigenvalue weighted by molar-refractivity contribution is 0.385. The zero-order valence-corrected chi connectivity index (χ0v) is 15.9. The van der Waals surface area contributed by atoms with Gasteiger partial charge in [0, 0.05) is 34.9 Å². The topological polar surface area (TPSA) is 20.2 Å². The van der Waals surface area contributed by atoms with E-state index in [0.717, 1.165) is 25.9 Å². The molecule has 1 aliphatic carbocycles. The highest BCUT2D eigenvalue weighted by Crippen LogP contribution is 2.33. The van der Waals surface area contributed by atoms with Crippen molar-refractivity contribution in [2.24, 2.45) is 0 Å². The summed E-state index contributed by atoms with van der Waals surface area (Å²) in [6, 6.07) is 20.1. The van der Waals surface area contributed by atoms with Gasteiger partial charge in [0.1, 0.15) is 0 Å². The van der Waals surface area contributed by atoms with Crippen molar-refractivity contribution in [3.8, 4) is 0 Å². The predicted molar refractivity (Wildman–Crippen MR) is 111 cm³/mol. The van der Waals surface area contributed by atoms with Crippen molar-refractivity contribution in [3.63, 3.8) is 0 Å². The van der Waals surface area contributed by atoms with Crippen LogP contribution in [-0.4, -0.2) is 36.1 Å². The number of aryl methyl sites for hydroxylation is 1. The number of rotatable bonds is 6. The van der Waals surface area contributed by atoms with E-state index in [1.165, 1.54) is 29.4 Å². The lowest BCUT2D eigenvalue weighted by atomic mass is 9.91. The van der Waals surface area contributed by atoms with Gasteiger partial charge in [-0.15, -0.1) is 0 Å². The fourth-order valence-corrected chi connectivity index (χ4v) is 4.29. The molecule has 0 radical (unpaired) electrons. The molecule has 0 saturated carbocycles. The van der Waals surface area contributed by atoms with Crippen LogP contribution in [0.3, 0.4) is 0 Å². The summed E-state index contributed by atoms with van der Waals surface area (Å²) in [6.07, 6.45) is 4.68. The van der Waals surface area contributed by atoms with E-state index in [4.69, 9.17) is 0 Å². The molecule has 0 amide bonds. The van der Waals surface area contributed by atoms with Crippen LogP contribution in [0.4, 0.5) is 5.69 Å². The molecule has 3 aromatic rings. The van der Waals surface area contributed by atoms with Gasteiger partial charge in [-0.05, 0) is 70.1 Å². The summed E-state index contributed by atoms with van der Waals surface area (Å²) in [5.74, 6) is 0. The first-order valence-electron chi connectivity index (χ1n) is 9.77. The van der Waals surface area contributed by atoms with E-state index in [0.29, 0.717) is 6.04 Å². The molecule has 4 rings (SSSR count). The van der Waals surface area contributed by atoms with Gasteiger partial charge in [-0.1, -0.05) is 36.4 Å². The zero-order valence-electron chi connectivity index (χ0n) is 15.9. The molecule has 1 N–H and O–H groups in total. The Balaban J connectivity index is 1.60. The van der Waals surface area contributed by atoms with Crippen molar-refractivity contribution < 1.29 is 0 Å². The summed E-state index contributed by atoms with van der Waals surface area (Å²) in [4.78, 5) is 2.28.